The third kappa shape index (κ3) is 5.66. The Morgan fingerprint density at radius 3 is 2.62 bits per heavy atom. The maximum absolute atomic E-state index is 13.3. The van der Waals surface area contributed by atoms with Crippen molar-refractivity contribution in [3.8, 4) is 0 Å². The average Bonchev–Trinajstić information content (AvgIpc) is 3.22. The van der Waals surface area contributed by atoms with Crippen molar-refractivity contribution in [2.24, 2.45) is 0 Å². The average molecular weight is 475 g/mol. The van der Waals surface area contributed by atoms with Crippen molar-refractivity contribution < 1.29 is 18.0 Å². The number of hydrogen-bond donors (Lipinski definition) is 0. The summed E-state index contributed by atoms with van der Waals surface area (Å²) in [6, 6.07) is 3.88. The van der Waals surface area contributed by atoms with E-state index in [2.05, 4.69) is 26.9 Å². The van der Waals surface area contributed by atoms with Gasteiger partial charge in [0.1, 0.15) is 0 Å². The van der Waals surface area contributed by atoms with Gasteiger partial charge in [-0.15, -0.1) is 10.2 Å². The van der Waals surface area contributed by atoms with E-state index in [-0.39, 0.29) is 12.5 Å². The highest BCUT2D eigenvalue weighted by Gasteiger charge is 2.31. The summed E-state index contributed by atoms with van der Waals surface area (Å²) in [6.45, 7) is 8.21. The number of aromatic nitrogens is 4. The van der Waals surface area contributed by atoms with Crippen molar-refractivity contribution in [2.45, 2.75) is 57.8 Å². The summed E-state index contributed by atoms with van der Waals surface area (Å²) < 4.78 is 39.8. The smallest absolute Gasteiger partial charge is 0.372 e. The molecule has 0 unspecified atom stereocenters. The maximum atomic E-state index is 13.3. The molecule has 182 valence electrons. The fraction of sp³-hybridized carbons (Fsp3) is 0.500. The molecule has 2 aliphatic rings. The summed E-state index contributed by atoms with van der Waals surface area (Å²) in [5.74, 6) is 0.285. The number of likely N-dealkylation sites (tertiary alicyclic amines) is 2. The summed E-state index contributed by atoms with van der Waals surface area (Å²) in [6.07, 6.45) is 3.73. The SMILES string of the molecule is C=C1CCCCN1C1CCN(C(=O)/C=C/c2ccc(C(F)(F)F)cc2Cn2nnc(C)n2)CC1. The molecule has 0 atom stereocenters. The molecule has 2 fully saturated rings. The summed E-state index contributed by atoms with van der Waals surface area (Å²) in [7, 11) is 0. The molecule has 4 rings (SSSR count). The van der Waals surface area contributed by atoms with Gasteiger partial charge in [-0.3, -0.25) is 4.79 Å². The number of carbonyl (C=O) groups is 1. The van der Waals surface area contributed by atoms with Crippen molar-refractivity contribution in [1.82, 2.24) is 30.0 Å². The third-order valence-corrected chi connectivity index (χ3v) is 6.48. The van der Waals surface area contributed by atoms with Gasteiger partial charge in [0, 0.05) is 37.4 Å². The lowest BCUT2D eigenvalue weighted by Crippen LogP contribution is -2.47. The molecule has 0 N–H and O–H groups in total. The molecule has 0 radical (unpaired) electrons. The minimum absolute atomic E-state index is 0.0176. The number of rotatable bonds is 5. The molecule has 0 bridgehead atoms. The molecule has 2 aliphatic heterocycles. The molecule has 3 heterocycles. The Hall–Kier alpha value is -3.17. The number of benzene rings is 1. The van der Waals surface area contributed by atoms with Crippen molar-refractivity contribution in [3.63, 3.8) is 0 Å². The molecule has 10 heteroatoms. The van der Waals surface area contributed by atoms with Crippen LogP contribution in [0, 0.1) is 6.92 Å². The van der Waals surface area contributed by atoms with Crippen LogP contribution in [0.4, 0.5) is 13.2 Å². The van der Waals surface area contributed by atoms with Crippen LogP contribution in [0.5, 0.6) is 0 Å². The molecule has 0 saturated carbocycles. The highest BCUT2D eigenvalue weighted by atomic mass is 19.4. The van der Waals surface area contributed by atoms with Gasteiger partial charge in [0.2, 0.25) is 5.91 Å². The molecule has 1 aromatic heterocycles. The number of halogens is 3. The van der Waals surface area contributed by atoms with Gasteiger partial charge in [0.25, 0.3) is 0 Å². The predicted octanol–water partition coefficient (Wildman–Crippen LogP) is 4.05. The minimum Gasteiger partial charge on any atom is -0.372 e. The van der Waals surface area contributed by atoms with E-state index in [4.69, 9.17) is 0 Å². The second-order valence-electron chi connectivity index (χ2n) is 8.88. The van der Waals surface area contributed by atoms with E-state index in [1.807, 2.05) is 0 Å². The normalized spacial score (nSPS) is 18.2. The lowest BCUT2D eigenvalue weighted by molar-refractivity contribution is -0.137. The van der Waals surface area contributed by atoms with Crippen LogP contribution in [-0.4, -0.2) is 61.6 Å². The number of piperidine rings is 2. The van der Waals surface area contributed by atoms with Crippen LogP contribution in [-0.2, 0) is 17.5 Å². The molecule has 1 amide bonds. The molecule has 7 nitrogen and oxygen atoms in total. The topological polar surface area (TPSA) is 67.2 Å². The van der Waals surface area contributed by atoms with Crippen molar-refractivity contribution in [1.29, 1.82) is 0 Å². The molecule has 0 aliphatic carbocycles. The van der Waals surface area contributed by atoms with Crippen LogP contribution >= 0.6 is 0 Å². The number of carbonyl (C=O) groups excluding carboxylic acids is 1. The summed E-state index contributed by atoms with van der Waals surface area (Å²) in [5.41, 5.74) is 1.31. The molecular formula is C24H29F3N6O. The van der Waals surface area contributed by atoms with Gasteiger partial charge >= 0.3 is 6.18 Å². The first-order valence-electron chi connectivity index (χ1n) is 11.6. The van der Waals surface area contributed by atoms with E-state index < -0.39 is 11.7 Å². The van der Waals surface area contributed by atoms with E-state index in [1.54, 1.807) is 17.9 Å². The fourth-order valence-corrected chi connectivity index (χ4v) is 4.64. The van der Waals surface area contributed by atoms with Crippen LogP contribution in [0.1, 0.15) is 54.6 Å². The van der Waals surface area contributed by atoms with Gasteiger partial charge in [-0.05, 0) is 73.6 Å². The van der Waals surface area contributed by atoms with Gasteiger partial charge in [0.05, 0.1) is 12.1 Å². The van der Waals surface area contributed by atoms with Gasteiger partial charge in [0.15, 0.2) is 5.82 Å². The van der Waals surface area contributed by atoms with Gasteiger partial charge in [-0.25, -0.2) is 0 Å². The first-order chi connectivity index (χ1) is 16.2. The first-order valence-corrected chi connectivity index (χ1v) is 11.6. The number of aryl methyl sites for hydroxylation is 1. The summed E-state index contributed by atoms with van der Waals surface area (Å²) in [5, 5.41) is 11.7. The molecule has 1 aromatic carbocycles. The highest BCUT2D eigenvalue weighted by molar-refractivity contribution is 5.92. The summed E-state index contributed by atoms with van der Waals surface area (Å²) >= 11 is 0. The highest BCUT2D eigenvalue weighted by Crippen LogP contribution is 2.31. The number of tetrazole rings is 1. The van der Waals surface area contributed by atoms with Gasteiger partial charge in [-0.2, -0.15) is 18.0 Å². The Kier molecular flexibility index (Phi) is 7.04. The Balaban J connectivity index is 1.44. The van der Waals surface area contributed by atoms with Crippen LogP contribution in [0.25, 0.3) is 6.08 Å². The van der Waals surface area contributed by atoms with Crippen LogP contribution in [0.3, 0.4) is 0 Å². The second-order valence-corrected chi connectivity index (χ2v) is 8.88. The largest absolute Gasteiger partial charge is 0.416 e. The number of amides is 1. The zero-order valence-electron chi connectivity index (χ0n) is 19.3. The number of allylic oxidation sites excluding steroid dienone is 1. The third-order valence-electron chi connectivity index (χ3n) is 6.48. The van der Waals surface area contributed by atoms with E-state index in [9.17, 15) is 18.0 Å². The summed E-state index contributed by atoms with van der Waals surface area (Å²) in [4.78, 5) is 18.2. The van der Waals surface area contributed by atoms with Crippen LogP contribution in [0.15, 0.2) is 36.6 Å². The number of nitrogens with zero attached hydrogens (tertiary/aromatic N) is 6. The zero-order valence-corrected chi connectivity index (χ0v) is 19.3. The van der Waals surface area contributed by atoms with Crippen LogP contribution < -0.4 is 0 Å². The second kappa shape index (κ2) is 9.99. The van der Waals surface area contributed by atoms with E-state index in [0.29, 0.717) is 36.1 Å². The molecule has 2 aromatic rings. The number of alkyl halides is 3. The number of hydrogen-bond acceptors (Lipinski definition) is 5. The first kappa shape index (κ1) is 24.0. The zero-order chi connectivity index (χ0) is 24.3. The Bertz CT molecular complexity index is 1070. The maximum Gasteiger partial charge on any atom is 0.416 e. The quantitative estimate of drug-likeness (QED) is 0.612. The lowest BCUT2D eigenvalue weighted by Gasteiger charge is -2.42. The molecule has 2 saturated heterocycles. The van der Waals surface area contributed by atoms with Gasteiger partial charge < -0.3 is 9.80 Å². The molecular weight excluding hydrogens is 445 g/mol. The van der Waals surface area contributed by atoms with Crippen molar-refractivity contribution in [2.75, 3.05) is 19.6 Å². The molecule has 0 spiro atoms. The standard InChI is InChI=1S/C24H29F3N6O/c1-17-5-3-4-12-32(17)22-10-13-31(14-11-22)23(34)9-7-19-6-8-21(24(25,26)27)15-20(19)16-33-29-18(2)28-30-33/h6-9,15,22H,1,3-5,10-14,16H2,2H3/b9-7+. The monoisotopic (exact) mass is 474 g/mol. The Morgan fingerprint density at radius 1 is 1.21 bits per heavy atom. The lowest BCUT2D eigenvalue weighted by atomic mass is 9.98. The van der Waals surface area contributed by atoms with E-state index in [1.165, 1.54) is 35.5 Å². The Labute approximate surface area is 196 Å². The Morgan fingerprint density at radius 2 is 1.97 bits per heavy atom. The minimum atomic E-state index is -4.47. The molecule has 34 heavy (non-hydrogen) atoms. The van der Waals surface area contributed by atoms with E-state index in [0.717, 1.165) is 37.9 Å². The van der Waals surface area contributed by atoms with Gasteiger partial charge in [-0.1, -0.05) is 12.6 Å². The van der Waals surface area contributed by atoms with Crippen molar-refractivity contribution in [3.05, 3.63) is 59.1 Å². The fourth-order valence-electron chi connectivity index (χ4n) is 4.64. The van der Waals surface area contributed by atoms with Crippen LogP contribution in [0.2, 0.25) is 0 Å². The van der Waals surface area contributed by atoms with Crippen molar-refractivity contribution >= 4 is 12.0 Å². The van der Waals surface area contributed by atoms with E-state index >= 15 is 0 Å². The predicted molar refractivity (Wildman–Crippen MR) is 121 cm³/mol.